The maximum absolute atomic E-state index is 11.2. The standard InChI is InChI=1S/C19H16N4O5/c20-13-16(14-2-1-3-17(11-14)22(24)25)10-15-12-18(23(26)27)4-5-19(15)21-6-8-28-9-7-21/h1-5,10-12H,6-9H2. The van der Waals surface area contributed by atoms with Gasteiger partial charge in [0.2, 0.25) is 0 Å². The molecule has 9 nitrogen and oxygen atoms in total. The summed E-state index contributed by atoms with van der Waals surface area (Å²) in [6.45, 7) is 2.32. The van der Waals surface area contributed by atoms with Gasteiger partial charge >= 0.3 is 0 Å². The predicted molar refractivity (Wildman–Crippen MR) is 103 cm³/mol. The summed E-state index contributed by atoms with van der Waals surface area (Å²) in [5, 5.41) is 31.8. The molecule has 0 aromatic heterocycles. The van der Waals surface area contributed by atoms with Gasteiger partial charge < -0.3 is 9.64 Å². The van der Waals surface area contributed by atoms with E-state index in [0.29, 0.717) is 37.4 Å². The topological polar surface area (TPSA) is 123 Å². The van der Waals surface area contributed by atoms with E-state index in [0.717, 1.165) is 5.69 Å². The summed E-state index contributed by atoms with van der Waals surface area (Å²) in [6, 6.07) is 12.2. The molecule has 0 aliphatic carbocycles. The van der Waals surface area contributed by atoms with Crippen molar-refractivity contribution in [1.82, 2.24) is 0 Å². The highest BCUT2D eigenvalue weighted by Crippen LogP contribution is 2.30. The van der Waals surface area contributed by atoms with Crippen LogP contribution in [0.2, 0.25) is 0 Å². The molecule has 2 aromatic carbocycles. The maximum atomic E-state index is 11.2. The Morgan fingerprint density at radius 3 is 2.39 bits per heavy atom. The van der Waals surface area contributed by atoms with Crippen LogP contribution in [0.5, 0.6) is 0 Å². The average molecular weight is 380 g/mol. The molecule has 0 saturated carbocycles. The Balaban J connectivity index is 2.09. The van der Waals surface area contributed by atoms with Crippen LogP contribution in [-0.2, 0) is 4.74 Å². The highest BCUT2D eigenvalue weighted by atomic mass is 16.6. The average Bonchev–Trinajstić information content (AvgIpc) is 2.72. The van der Waals surface area contributed by atoms with Gasteiger partial charge in [0.25, 0.3) is 11.4 Å². The molecule has 1 aliphatic heterocycles. The largest absolute Gasteiger partial charge is 0.378 e. The van der Waals surface area contributed by atoms with Crippen molar-refractivity contribution in [3.05, 3.63) is 73.8 Å². The van der Waals surface area contributed by atoms with Gasteiger partial charge in [0.05, 0.1) is 34.7 Å². The highest BCUT2D eigenvalue weighted by molar-refractivity contribution is 5.93. The van der Waals surface area contributed by atoms with E-state index in [4.69, 9.17) is 4.74 Å². The van der Waals surface area contributed by atoms with Gasteiger partial charge in [-0.25, -0.2) is 0 Å². The first-order valence-electron chi connectivity index (χ1n) is 8.47. The molecule has 0 amide bonds. The fourth-order valence-electron chi connectivity index (χ4n) is 2.99. The number of allylic oxidation sites excluding steroid dienone is 1. The van der Waals surface area contributed by atoms with E-state index in [-0.39, 0.29) is 16.9 Å². The normalized spacial score (nSPS) is 14.4. The zero-order chi connectivity index (χ0) is 20.1. The van der Waals surface area contributed by atoms with E-state index in [2.05, 4.69) is 0 Å². The molecule has 1 saturated heterocycles. The van der Waals surface area contributed by atoms with E-state index in [1.54, 1.807) is 12.1 Å². The number of benzene rings is 2. The Morgan fingerprint density at radius 1 is 1.07 bits per heavy atom. The highest BCUT2D eigenvalue weighted by Gasteiger charge is 2.18. The number of hydrogen-bond donors (Lipinski definition) is 0. The lowest BCUT2D eigenvalue weighted by molar-refractivity contribution is -0.385. The number of non-ortho nitro benzene ring substituents is 2. The van der Waals surface area contributed by atoms with Crippen LogP contribution in [0.15, 0.2) is 42.5 Å². The summed E-state index contributed by atoms with van der Waals surface area (Å²) < 4.78 is 5.35. The molecule has 0 unspecified atom stereocenters. The van der Waals surface area contributed by atoms with Crippen LogP contribution in [0.4, 0.5) is 17.1 Å². The lowest BCUT2D eigenvalue weighted by Gasteiger charge is -2.30. The molecule has 0 atom stereocenters. The second kappa shape index (κ2) is 8.28. The van der Waals surface area contributed by atoms with Gasteiger partial charge in [-0.2, -0.15) is 5.26 Å². The van der Waals surface area contributed by atoms with Crippen LogP contribution in [-0.4, -0.2) is 36.1 Å². The number of hydrogen-bond acceptors (Lipinski definition) is 7. The molecule has 3 rings (SSSR count). The molecule has 1 aliphatic rings. The minimum atomic E-state index is -0.537. The number of nitro benzene ring substituents is 2. The fourth-order valence-corrected chi connectivity index (χ4v) is 2.99. The van der Waals surface area contributed by atoms with Crippen molar-refractivity contribution in [2.24, 2.45) is 0 Å². The summed E-state index contributed by atoms with van der Waals surface area (Å²) >= 11 is 0. The number of rotatable bonds is 5. The van der Waals surface area contributed by atoms with Gasteiger partial charge in [0.1, 0.15) is 0 Å². The molecule has 2 aromatic rings. The van der Waals surface area contributed by atoms with Gasteiger partial charge in [-0.15, -0.1) is 0 Å². The summed E-state index contributed by atoms with van der Waals surface area (Å²) in [5.41, 5.74) is 1.56. The number of nitriles is 1. The van der Waals surface area contributed by atoms with E-state index < -0.39 is 9.85 Å². The second-order valence-electron chi connectivity index (χ2n) is 6.08. The number of anilines is 1. The third-order valence-electron chi connectivity index (χ3n) is 4.36. The van der Waals surface area contributed by atoms with Gasteiger partial charge in [0, 0.05) is 48.6 Å². The molecule has 1 heterocycles. The third kappa shape index (κ3) is 4.13. The zero-order valence-corrected chi connectivity index (χ0v) is 14.8. The Kier molecular flexibility index (Phi) is 5.62. The minimum Gasteiger partial charge on any atom is -0.378 e. The lowest BCUT2D eigenvalue weighted by atomic mass is 10.0. The van der Waals surface area contributed by atoms with E-state index in [1.165, 1.54) is 36.4 Å². The minimum absolute atomic E-state index is 0.0976. The summed E-state index contributed by atoms with van der Waals surface area (Å²) in [4.78, 5) is 23.2. The molecule has 0 radical (unpaired) electrons. The molecule has 0 bridgehead atoms. The van der Waals surface area contributed by atoms with Crippen molar-refractivity contribution < 1.29 is 14.6 Å². The summed E-state index contributed by atoms with van der Waals surface area (Å²) in [5.74, 6) is 0. The first-order chi connectivity index (χ1) is 13.5. The Hall–Kier alpha value is -3.77. The van der Waals surface area contributed by atoms with Crippen LogP contribution < -0.4 is 4.90 Å². The monoisotopic (exact) mass is 380 g/mol. The fraction of sp³-hybridized carbons (Fsp3) is 0.211. The van der Waals surface area contributed by atoms with Crippen molar-refractivity contribution in [3.63, 3.8) is 0 Å². The van der Waals surface area contributed by atoms with E-state index in [9.17, 15) is 25.5 Å². The van der Waals surface area contributed by atoms with Gasteiger partial charge in [-0.05, 0) is 17.7 Å². The first kappa shape index (κ1) is 19.0. The van der Waals surface area contributed by atoms with Crippen LogP contribution in [0, 0.1) is 31.6 Å². The molecule has 9 heteroatoms. The smallest absolute Gasteiger partial charge is 0.270 e. The molecule has 28 heavy (non-hydrogen) atoms. The van der Waals surface area contributed by atoms with Crippen LogP contribution in [0.25, 0.3) is 11.6 Å². The van der Waals surface area contributed by atoms with E-state index in [1.807, 2.05) is 11.0 Å². The number of nitro groups is 2. The first-order valence-corrected chi connectivity index (χ1v) is 8.47. The van der Waals surface area contributed by atoms with E-state index >= 15 is 0 Å². The van der Waals surface area contributed by atoms with Gasteiger partial charge in [-0.3, -0.25) is 20.2 Å². The maximum Gasteiger partial charge on any atom is 0.270 e. The van der Waals surface area contributed by atoms with Crippen molar-refractivity contribution in [3.8, 4) is 6.07 Å². The van der Waals surface area contributed by atoms with Gasteiger partial charge in [-0.1, -0.05) is 12.1 Å². The van der Waals surface area contributed by atoms with Crippen LogP contribution in [0.3, 0.4) is 0 Å². The van der Waals surface area contributed by atoms with Gasteiger partial charge in [0.15, 0.2) is 0 Å². The third-order valence-corrected chi connectivity index (χ3v) is 4.36. The number of nitrogens with zero attached hydrogens (tertiary/aromatic N) is 4. The SMILES string of the molecule is N#CC(=Cc1cc([N+](=O)[O-])ccc1N1CCOCC1)c1cccc([N+](=O)[O-])c1. The van der Waals surface area contributed by atoms with Crippen molar-refractivity contribution in [1.29, 1.82) is 5.26 Å². The number of ether oxygens (including phenoxy) is 1. The molecular weight excluding hydrogens is 364 g/mol. The zero-order valence-electron chi connectivity index (χ0n) is 14.8. The molecular formula is C19H16N4O5. The Morgan fingerprint density at radius 2 is 1.75 bits per heavy atom. The van der Waals surface area contributed by atoms with Crippen LogP contribution >= 0.6 is 0 Å². The summed E-state index contributed by atoms with van der Waals surface area (Å²) in [7, 11) is 0. The van der Waals surface area contributed by atoms with Crippen molar-refractivity contribution in [2.75, 3.05) is 31.2 Å². The quantitative estimate of drug-likeness (QED) is 0.337. The lowest BCUT2D eigenvalue weighted by Crippen LogP contribution is -2.36. The predicted octanol–water partition coefficient (Wildman–Crippen LogP) is 3.40. The van der Waals surface area contributed by atoms with Crippen molar-refractivity contribution in [2.45, 2.75) is 0 Å². The molecule has 142 valence electrons. The second-order valence-corrected chi connectivity index (χ2v) is 6.08. The molecule has 0 spiro atoms. The summed E-state index contributed by atoms with van der Waals surface area (Å²) in [6.07, 6.45) is 1.52. The Bertz CT molecular complexity index is 990. The molecule has 0 N–H and O–H groups in total. The van der Waals surface area contributed by atoms with Crippen molar-refractivity contribution >= 4 is 28.7 Å². The van der Waals surface area contributed by atoms with Crippen LogP contribution in [0.1, 0.15) is 11.1 Å². The molecule has 1 fully saturated rings. The number of morpholine rings is 1. The Labute approximate surface area is 160 Å².